The first kappa shape index (κ1) is 21.3. The van der Waals surface area contributed by atoms with Gasteiger partial charge in [-0.15, -0.1) is 0 Å². The average molecular weight is 403 g/mol. The molecule has 0 bridgehead atoms. The molecule has 1 unspecified atom stereocenters. The molecule has 1 saturated carbocycles. The van der Waals surface area contributed by atoms with E-state index in [2.05, 4.69) is 30.4 Å². The number of carbonyl (C=O) groups is 1. The SMILES string of the molecule is CCCc1ccc2c(c1)C(NC(=S)N(C=O)C(C)C)[C@]1(CC[C@H](OC)CC1)C2. The van der Waals surface area contributed by atoms with Crippen LogP contribution < -0.4 is 5.32 Å². The van der Waals surface area contributed by atoms with E-state index >= 15 is 0 Å². The van der Waals surface area contributed by atoms with Crippen LogP contribution in [0, 0.1) is 5.41 Å². The van der Waals surface area contributed by atoms with Crippen molar-refractivity contribution in [3.63, 3.8) is 0 Å². The summed E-state index contributed by atoms with van der Waals surface area (Å²) in [5.41, 5.74) is 4.34. The van der Waals surface area contributed by atoms with Gasteiger partial charge in [-0.3, -0.25) is 9.69 Å². The fourth-order valence-corrected chi connectivity index (χ4v) is 5.40. The standard InChI is InChI=1S/C23H34N2O2S/c1-5-6-17-7-8-18-14-23(11-9-19(27-4)10-12-23)21(20(18)13-17)24-22(28)25(15-26)16(2)3/h7-8,13,15-16,19,21H,5-6,9-12,14H2,1-4H3,(H,24,28)/t19-,21?,23-. The number of fused-ring (bicyclic) bond motifs is 1. The quantitative estimate of drug-likeness (QED) is 0.560. The summed E-state index contributed by atoms with van der Waals surface area (Å²) in [6.45, 7) is 6.20. The van der Waals surface area contributed by atoms with Crippen LogP contribution in [0.1, 0.15) is 75.6 Å². The number of nitrogens with one attached hydrogen (secondary N) is 1. The van der Waals surface area contributed by atoms with E-state index in [0.717, 1.165) is 51.4 Å². The number of carbonyl (C=O) groups excluding carboxylic acids is 1. The van der Waals surface area contributed by atoms with Crippen molar-refractivity contribution in [3.8, 4) is 0 Å². The number of ether oxygens (including phenoxy) is 1. The van der Waals surface area contributed by atoms with Gasteiger partial charge in [-0.25, -0.2) is 0 Å². The molecule has 28 heavy (non-hydrogen) atoms. The van der Waals surface area contributed by atoms with Crippen molar-refractivity contribution >= 4 is 23.7 Å². The van der Waals surface area contributed by atoms with Crippen LogP contribution in [0.25, 0.3) is 0 Å². The number of rotatable bonds is 6. The molecule has 0 aliphatic heterocycles. The van der Waals surface area contributed by atoms with Crippen molar-refractivity contribution < 1.29 is 9.53 Å². The van der Waals surface area contributed by atoms with Crippen LogP contribution in [-0.2, 0) is 22.4 Å². The molecule has 0 saturated heterocycles. The second-order valence-corrected chi connectivity index (χ2v) is 9.13. The number of amides is 1. The molecular formula is C23H34N2O2S. The molecule has 0 aromatic heterocycles. The normalized spacial score (nSPS) is 26.3. The van der Waals surface area contributed by atoms with E-state index in [9.17, 15) is 4.79 Å². The topological polar surface area (TPSA) is 41.6 Å². The highest BCUT2D eigenvalue weighted by molar-refractivity contribution is 7.80. The molecule has 2 aliphatic carbocycles. The highest BCUT2D eigenvalue weighted by atomic mass is 32.1. The Morgan fingerprint density at radius 2 is 2.11 bits per heavy atom. The lowest BCUT2D eigenvalue weighted by Crippen LogP contribution is -2.48. The fraction of sp³-hybridized carbons (Fsp3) is 0.652. The number of benzene rings is 1. The van der Waals surface area contributed by atoms with Gasteiger partial charge in [0, 0.05) is 13.2 Å². The number of hydrogen-bond donors (Lipinski definition) is 1. The van der Waals surface area contributed by atoms with Crippen LogP contribution in [0.2, 0.25) is 0 Å². The second-order valence-electron chi connectivity index (χ2n) is 8.75. The van der Waals surface area contributed by atoms with Crippen LogP contribution in [-0.4, -0.2) is 35.7 Å². The maximum absolute atomic E-state index is 11.6. The minimum absolute atomic E-state index is 0.0463. The minimum atomic E-state index is 0.0463. The Labute approximate surface area is 175 Å². The fourth-order valence-electron chi connectivity index (χ4n) is 5.03. The van der Waals surface area contributed by atoms with Gasteiger partial charge < -0.3 is 10.1 Å². The van der Waals surface area contributed by atoms with Crippen molar-refractivity contribution in [2.24, 2.45) is 5.41 Å². The van der Waals surface area contributed by atoms with E-state index in [1.165, 1.54) is 16.7 Å². The Kier molecular flexibility index (Phi) is 6.77. The van der Waals surface area contributed by atoms with E-state index in [1.54, 1.807) is 4.90 Å². The molecule has 1 aromatic rings. The Hall–Kier alpha value is -1.46. The maximum atomic E-state index is 11.6. The van der Waals surface area contributed by atoms with Gasteiger partial charge in [-0.2, -0.15) is 0 Å². The number of methoxy groups -OCH3 is 1. The zero-order chi connectivity index (χ0) is 20.3. The summed E-state index contributed by atoms with van der Waals surface area (Å²) in [7, 11) is 1.82. The van der Waals surface area contributed by atoms with Crippen molar-refractivity contribution in [2.75, 3.05) is 7.11 Å². The van der Waals surface area contributed by atoms with Crippen molar-refractivity contribution in [3.05, 3.63) is 34.9 Å². The lowest BCUT2D eigenvalue weighted by Gasteiger charge is -2.43. The van der Waals surface area contributed by atoms with Crippen molar-refractivity contribution in [2.45, 2.75) is 83.9 Å². The predicted octanol–water partition coefficient (Wildman–Crippen LogP) is 4.55. The van der Waals surface area contributed by atoms with Crippen LogP contribution in [0.5, 0.6) is 0 Å². The molecule has 5 heteroatoms. The number of aryl methyl sites for hydroxylation is 1. The van der Waals surface area contributed by atoms with Gasteiger partial charge in [-0.05, 0) is 86.7 Å². The maximum Gasteiger partial charge on any atom is 0.216 e. The van der Waals surface area contributed by atoms with Gasteiger partial charge in [0.15, 0.2) is 5.11 Å². The zero-order valence-electron chi connectivity index (χ0n) is 17.7. The average Bonchev–Trinajstić information content (AvgIpc) is 2.96. The summed E-state index contributed by atoms with van der Waals surface area (Å²) >= 11 is 5.66. The summed E-state index contributed by atoms with van der Waals surface area (Å²) in [6.07, 6.45) is 8.92. The minimum Gasteiger partial charge on any atom is -0.381 e. The predicted molar refractivity (Wildman–Crippen MR) is 117 cm³/mol. The lowest BCUT2D eigenvalue weighted by molar-refractivity contribution is -0.115. The van der Waals surface area contributed by atoms with Crippen LogP contribution in [0.15, 0.2) is 18.2 Å². The molecule has 3 rings (SSSR count). The van der Waals surface area contributed by atoms with Crippen molar-refractivity contribution in [1.29, 1.82) is 0 Å². The van der Waals surface area contributed by atoms with E-state index in [0.29, 0.717) is 11.2 Å². The molecule has 1 N–H and O–H groups in total. The molecule has 4 nitrogen and oxygen atoms in total. The first-order valence-electron chi connectivity index (χ1n) is 10.6. The Balaban J connectivity index is 1.92. The molecule has 154 valence electrons. The smallest absolute Gasteiger partial charge is 0.216 e. The third-order valence-electron chi connectivity index (χ3n) is 6.65. The van der Waals surface area contributed by atoms with Gasteiger partial charge in [0.05, 0.1) is 12.1 Å². The van der Waals surface area contributed by atoms with Crippen LogP contribution in [0.4, 0.5) is 0 Å². The molecular weight excluding hydrogens is 368 g/mol. The summed E-state index contributed by atoms with van der Waals surface area (Å²) in [5, 5.41) is 4.15. The van der Waals surface area contributed by atoms with Gasteiger partial charge in [0.2, 0.25) is 6.41 Å². The Morgan fingerprint density at radius 3 is 2.68 bits per heavy atom. The van der Waals surface area contributed by atoms with Crippen LogP contribution in [0.3, 0.4) is 0 Å². The first-order chi connectivity index (χ1) is 13.4. The Morgan fingerprint density at radius 1 is 1.39 bits per heavy atom. The number of hydrogen-bond acceptors (Lipinski definition) is 3. The highest BCUT2D eigenvalue weighted by Crippen LogP contribution is 2.54. The molecule has 1 fully saturated rings. The van der Waals surface area contributed by atoms with E-state index < -0.39 is 0 Å². The molecule has 1 aromatic carbocycles. The molecule has 0 radical (unpaired) electrons. The lowest BCUT2D eigenvalue weighted by atomic mass is 9.68. The van der Waals surface area contributed by atoms with E-state index in [4.69, 9.17) is 17.0 Å². The second kappa shape index (κ2) is 8.91. The van der Waals surface area contributed by atoms with Crippen LogP contribution >= 0.6 is 12.2 Å². The number of nitrogens with zero attached hydrogens (tertiary/aromatic N) is 1. The largest absolute Gasteiger partial charge is 0.381 e. The van der Waals surface area contributed by atoms with Gasteiger partial charge in [0.25, 0.3) is 0 Å². The molecule has 1 atom stereocenters. The molecule has 2 aliphatic rings. The van der Waals surface area contributed by atoms with E-state index in [-0.39, 0.29) is 17.5 Å². The summed E-state index contributed by atoms with van der Waals surface area (Å²) < 4.78 is 5.62. The summed E-state index contributed by atoms with van der Waals surface area (Å²) in [6, 6.07) is 7.17. The number of thiocarbonyl (C=S) groups is 1. The van der Waals surface area contributed by atoms with Gasteiger partial charge in [-0.1, -0.05) is 31.5 Å². The molecule has 1 spiro atoms. The first-order valence-corrected chi connectivity index (χ1v) is 11.0. The molecule has 0 heterocycles. The van der Waals surface area contributed by atoms with Crippen molar-refractivity contribution in [1.82, 2.24) is 10.2 Å². The monoisotopic (exact) mass is 402 g/mol. The van der Waals surface area contributed by atoms with Gasteiger partial charge in [0.1, 0.15) is 0 Å². The summed E-state index contributed by atoms with van der Waals surface area (Å²) in [5.74, 6) is 0. The molecule has 1 amide bonds. The zero-order valence-corrected chi connectivity index (χ0v) is 18.5. The van der Waals surface area contributed by atoms with E-state index in [1.807, 2.05) is 21.0 Å². The van der Waals surface area contributed by atoms with Gasteiger partial charge >= 0.3 is 0 Å². The third-order valence-corrected chi connectivity index (χ3v) is 6.98. The third kappa shape index (κ3) is 4.11. The highest BCUT2D eigenvalue weighted by Gasteiger charge is 2.48. The Bertz CT molecular complexity index is 711. The summed E-state index contributed by atoms with van der Waals surface area (Å²) in [4.78, 5) is 13.2.